The molecule has 2 N–H and O–H groups in total. The predicted octanol–water partition coefficient (Wildman–Crippen LogP) is 2.37. The molecule has 28 heavy (non-hydrogen) atoms. The number of rotatable bonds is 8. The van der Waals surface area contributed by atoms with Crippen molar-refractivity contribution >= 4 is 46.2 Å². The Morgan fingerprint density at radius 1 is 1.43 bits per heavy atom. The molecule has 1 fully saturated rings. The highest BCUT2D eigenvalue weighted by Gasteiger charge is 2.32. The largest absolute Gasteiger partial charge is 0.496 e. The van der Waals surface area contributed by atoms with Gasteiger partial charge in [-0.15, -0.1) is 0 Å². The van der Waals surface area contributed by atoms with Crippen molar-refractivity contribution in [1.29, 1.82) is 0 Å². The lowest BCUT2D eigenvalue weighted by atomic mass is 10.2. The summed E-state index contributed by atoms with van der Waals surface area (Å²) in [4.78, 5) is 33.6. The SMILES string of the molecule is COc1ccccc1C=C1SC(=S)N(CCC(=O)NCCc2cnc[nH]2)C1=O. The highest BCUT2D eigenvalue weighted by Crippen LogP contribution is 2.34. The summed E-state index contributed by atoms with van der Waals surface area (Å²) < 4.78 is 5.77. The van der Waals surface area contributed by atoms with Crippen LogP contribution < -0.4 is 10.1 Å². The summed E-state index contributed by atoms with van der Waals surface area (Å²) in [6, 6.07) is 7.45. The van der Waals surface area contributed by atoms with Gasteiger partial charge in [0.05, 0.1) is 18.3 Å². The lowest BCUT2D eigenvalue weighted by Crippen LogP contribution is -2.34. The smallest absolute Gasteiger partial charge is 0.266 e. The maximum atomic E-state index is 12.7. The summed E-state index contributed by atoms with van der Waals surface area (Å²) in [6.45, 7) is 0.761. The van der Waals surface area contributed by atoms with Crippen LogP contribution in [0.1, 0.15) is 17.7 Å². The molecule has 1 aliphatic heterocycles. The van der Waals surface area contributed by atoms with E-state index in [0.717, 1.165) is 11.3 Å². The minimum absolute atomic E-state index is 0.123. The lowest BCUT2D eigenvalue weighted by molar-refractivity contribution is -0.123. The average Bonchev–Trinajstić information content (AvgIpc) is 3.29. The molecule has 0 saturated carbocycles. The van der Waals surface area contributed by atoms with E-state index in [1.807, 2.05) is 24.3 Å². The van der Waals surface area contributed by atoms with Gasteiger partial charge < -0.3 is 15.0 Å². The van der Waals surface area contributed by atoms with E-state index >= 15 is 0 Å². The van der Waals surface area contributed by atoms with Crippen LogP contribution in [0.4, 0.5) is 0 Å². The number of thioether (sulfide) groups is 1. The summed E-state index contributed by atoms with van der Waals surface area (Å²) in [5, 5.41) is 2.83. The van der Waals surface area contributed by atoms with Gasteiger partial charge in [-0.2, -0.15) is 0 Å². The number of carbonyl (C=O) groups is 2. The fourth-order valence-electron chi connectivity index (χ4n) is 2.68. The van der Waals surface area contributed by atoms with Gasteiger partial charge in [0.25, 0.3) is 5.91 Å². The Kier molecular flexibility index (Phi) is 6.83. The van der Waals surface area contributed by atoms with Crippen molar-refractivity contribution in [3.8, 4) is 5.75 Å². The molecule has 1 aromatic heterocycles. The number of para-hydroxylation sites is 1. The number of aromatic nitrogens is 2. The van der Waals surface area contributed by atoms with Crippen LogP contribution in [0.5, 0.6) is 5.75 Å². The zero-order chi connectivity index (χ0) is 19.9. The van der Waals surface area contributed by atoms with E-state index < -0.39 is 0 Å². The van der Waals surface area contributed by atoms with Crippen molar-refractivity contribution in [1.82, 2.24) is 20.2 Å². The highest BCUT2D eigenvalue weighted by atomic mass is 32.2. The maximum Gasteiger partial charge on any atom is 0.266 e. The Morgan fingerprint density at radius 3 is 3.00 bits per heavy atom. The summed E-state index contributed by atoms with van der Waals surface area (Å²) in [6.07, 6.45) is 5.96. The Bertz CT molecular complexity index is 896. The molecule has 2 amide bonds. The number of benzene rings is 1. The van der Waals surface area contributed by atoms with Crippen LogP contribution in [0.25, 0.3) is 6.08 Å². The molecule has 9 heteroatoms. The Labute approximate surface area is 172 Å². The van der Waals surface area contributed by atoms with Crippen LogP contribution in [0, 0.1) is 0 Å². The minimum atomic E-state index is -0.189. The second kappa shape index (κ2) is 9.52. The van der Waals surface area contributed by atoms with Gasteiger partial charge in [-0.05, 0) is 12.1 Å². The monoisotopic (exact) mass is 416 g/mol. The molecule has 1 saturated heterocycles. The molecule has 2 heterocycles. The van der Waals surface area contributed by atoms with Crippen LogP contribution in [0.2, 0.25) is 0 Å². The Morgan fingerprint density at radius 2 is 2.25 bits per heavy atom. The number of hydrogen-bond donors (Lipinski definition) is 2. The number of ether oxygens (including phenoxy) is 1. The highest BCUT2D eigenvalue weighted by molar-refractivity contribution is 8.26. The molecule has 0 aliphatic carbocycles. The average molecular weight is 417 g/mol. The normalized spacial score (nSPS) is 15.3. The van der Waals surface area contributed by atoms with E-state index in [4.69, 9.17) is 17.0 Å². The van der Waals surface area contributed by atoms with Crippen molar-refractivity contribution in [3.05, 3.63) is 53.0 Å². The zero-order valence-electron chi connectivity index (χ0n) is 15.3. The first-order valence-electron chi connectivity index (χ1n) is 8.71. The number of H-pyrrole nitrogens is 1. The van der Waals surface area contributed by atoms with E-state index in [2.05, 4.69) is 15.3 Å². The number of carbonyl (C=O) groups excluding carboxylic acids is 2. The van der Waals surface area contributed by atoms with E-state index in [-0.39, 0.29) is 24.8 Å². The molecule has 7 nitrogen and oxygen atoms in total. The van der Waals surface area contributed by atoms with Crippen molar-refractivity contribution in [3.63, 3.8) is 0 Å². The molecule has 0 bridgehead atoms. The number of imidazole rings is 1. The quantitative estimate of drug-likeness (QED) is 0.508. The van der Waals surface area contributed by atoms with Gasteiger partial charge in [0, 0.05) is 43.4 Å². The summed E-state index contributed by atoms with van der Waals surface area (Å²) in [5.74, 6) is 0.373. The van der Waals surface area contributed by atoms with E-state index in [1.165, 1.54) is 16.7 Å². The first-order valence-corrected chi connectivity index (χ1v) is 9.93. The number of amides is 2. The summed E-state index contributed by atoms with van der Waals surface area (Å²) in [5.41, 5.74) is 1.76. The van der Waals surface area contributed by atoms with E-state index in [1.54, 1.807) is 25.7 Å². The molecule has 1 aliphatic rings. The second-order valence-electron chi connectivity index (χ2n) is 6.00. The fourth-order valence-corrected chi connectivity index (χ4v) is 3.98. The van der Waals surface area contributed by atoms with Crippen molar-refractivity contribution < 1.29 is 14.3 Å². The third-order valence-electron chi connectivity index (χ3n) is 4.13. The van der Waals surface area contributed by atoms with Gasteiger partial charge in [0.1, 0.15) is 10.1 Å². The first-order chi connectivity index (χ1) is 13.6. The van der Waals surface area contributed by atoms with Crippen molar-refractivity contribution in [2.24, 2.45) is 0 Å². The lowest BCUT2D eigenvalue weighted by Gasteiger charge is -2.14. The number of aromatic amines is 1. The molecule has 0 spiro atoms. The molecule has 1 aromatic carbocycles. The van der Waals surface area contributed by atoms with Gasteiger partial charge in [0.2, 0.25) is 5.91 Å². The zero-order valence-corrected chi connectivity index (χ0v) is 16.9. The van der Waals surface area contributed by atoms with Gasteiger partial charge >= 0.3 is 0 Å². The van der Waals surface area contributed by atoms with Crippen LogP contribution in [0.15, 0.2) is 41.7 Å². The molecular formula is C19H20N4O3S2. The molecule has 146 valence electrons. The van der Waals surface area contributed by atoms with Crippen LogP contribution in [0.3, 0.4) is 0 Å². The standard InChI is InChI=1S/C19H20N4O3S2/c1-26-15-5-3-2-4-13(15)10-16-18(25)23(19(27)28-16)9-7-17(24)21-8-6-14-11-20-12-22-14/h2-5,10-12H,6-9H2,1H3,(H,20,22)(H,21,24). The molecule has 2 aromatic rings. The fraction of sp³-hybridized carbons (Fsp3) is 0.263. The Balaban J connectivity index is 1.53. The summed E-state index contributed by atoms with van der Waals surface area (Å²) >= 11 is 6.55. The molecule has 0 unspecified atom stereocenters. The van der Waals surface area contributed by atoms with Gasteiger partial charge in [-0.3, -0.25) is 14.5 Å². The number of nitrogens with zero attached hydrogens (tertiary/aromatic N) is 2. The number of nitrogens with one attached hydrogen (secondary N) is 2. The first kappa shape index (κ1) is 20.1. The number of thiocarbonyl (C=S) groups is 1. The van der Waals surface area contributed by atoms with Crippen LogP contribution in [-0.2, 0) is 16.0 Å². The van der Waals surface area contributed by atoms with Gasteiger partial charge in [0.15, 0.2) is 0 Å². The predicted molar refractivity (Wildman–Crippen MR) is 113 cm³/mol. The Hall–Kier alpha value is -2.65. The van der Waals surface area contributed by atoms with Crippen LogP contribution in [-0.4, -0.2) is 51.2 Å². The molecule has 3 rings (SSSR count). The van der Waals surface area contributed by atoms with E-state index in [9.17, 15) is 9.59 Å². The van der Waals surface area contributed by atoms with Gasteiger partial charge in [-0.25, -0.2) is 4.98 Å². The number of methoxy groups -OCH3 is 1. The van der Waals surface area contributed by atoms with E-state index in [0.29, 0.717) is 27.9 Å². The molecule has 0 atom stereocenters. The second-order valence-corrected chi connectivity index (χ2v) is 7.68. The topological polar surface area (TPSA) is 87.3 Å². The third-order valence-corrected chi connectivity index (χ3v) is 5.51. The number of hydrogen-bond acceptors (Lipinski definition) is 6. The van der Waals surface area contributed by atoms with Gasteiger partial charge in [-0.1, -0.05) is 42.2 Å². The third kappa shape index (κ3) is 4.99. The molecule has 0 radical (unpaired) electrons. The van der Waals surface area contributed by atoms with Crippen LogP contribution >= 0.6 is 24.0 Å². The molecular weight excluding hydrogens is 396 g/mol. The van der Waals surface area contributed by atoms with Crippen molar-refractivity contribution in [2.45, 2.75) is 12.8 Å². The maximum absolute atomic E-state index is 12.7. The summed E-state index contributed by atoms with van der Waals surface area (Å²) in [7, 11) is 1.59. The van der Waals surface area contributed by atoms with Crippen molar-refractivity contribution in [2.75, 3.05) is 20.2 Å². The minimum Gasteiger partial charge on any atom is -0.496 e.